The van der Waals surface area contributed by atoms with Gasteiger partial charge in [-0.2, -0.15) is 5.26 Å². The smallest absolute Gasteiger partial charge is 0.225 e. The molecule has 0 aromatic rings. The molecule has 17 heavy (non-hydrogen) atoms. The molecule has 3 fully saturated rings. The Hall–Kier alpha value is -1.08. The van der Waals surface area contributed by atoms with Crippen molar-refractivity contribution in [1.29, 1.82) is 5.26 Å². The molecular weight excluding hydrogens is 214 g/mol. The first kappa shape index (κ1) is 11.0. The lowest BCUT2D eigenvalue weighted by atomic mass is 9.85. The Balaban J connectivity index is 1.93. The Bertz CT molecular complexity index is 369. The molecule has 92 valence electrons. The van der Waals surface area contributed by atoms with Crippen molar-refractivity contribution in [3.05, 3.63) is 0 Å². The highest BCUT2D eigenvalue weighted by Gasteiger charge is 2.56. The maximum atomic E-state index is 12.1. The second-order valence-electron chi connectivity index (χ2n) is 5.51. The highest BCUT2D eigenvalue weighted by Crippen LogP contribution is 2.41. The van der Waals surface area contributed by atoms with Gasteiger partial charge in [0.2, 0.25) is 5.91 Å². The van der Waals surface area contributed by atoms with E-state index in [-0.39, 0.29) is 11.9 Å². The lowest BCUT2D eigenvalue weighted by molar-refractivity contribution is -0.129. The van der Waals surface area contributed by atoms with E-state index in [4.69, 9.17) is 0 Å². The van der Waals surface area contributed by atoms with Gasteiger partial charge in [0.15, 0.2) is 0 Å². The minimum absolute atomic E-state index is 0.159. The number of likely N-dealkylation sites (tertiary alicyclic amines) is 1. The molecule has 1 amide bonds. The molecule has 2 atom stereocenters. The Labute approximate surface area is 102 Å². The predicted octanol–water partition coefficient (Wildman–Crippen LogP) is 1.13. The van der Waals surface area contributed by atoms with E-state index < -0.39 is 5.54 Å². The molecule has 0 radical (unpaired) electrons. The van der Waals surface area contributed by atoms with Crippen LogP contribution in [0, 0.1) is 11.3 Å². The molecule has 0 saturated carbocycles. The molecule has 0 bridgehead atoms. The quantitative estimate of drug-likeness (QED) is 0.682. The minimum Gasteiger partial charge on any atom is -0.337 e. The topological polar surface area (TPSA) is 47.3 Å². The third-order valence-corrected chi connectivity index (χ3v) is 4.66. The number of hydrogen-bond donors (Lipinski definition) is 0. The SMILES string of the molecule is N#CC1(N2CCCC2)CC(=O)N2CCCCC21. The summed E-state index contributed by atoms with van der Waals surface area (Å²) >= 11 is 0. The first-order valence-electron chi connectivity index (χ1n) is 6.74. The summed E-state index contributed by atoms with van der Waals surface area (Å²) in [5.41, 5.74) is -0.506. The summed E-state index contributed by atoms with van der Waals surface area (Å²) in [6.45, 7) is 2.84. The monoisotopic (exact) mass is 233 g/mol. The van der Waals surface area contributed by atoms with E-state index in [2.05, 4.69) is 11.0 Å². The number of amides is 1. The summed E-state index contributed by atoms with van der Waals surface area (Å²) in [5, 5.41) is 9.66. The molecule has 3 saturated heterocycles. The fourth-order valence-electron chi connectivity index (χ4n) is 3.80. The van der Waals surface area contributed by atoms with Crippen LogP contribution in [0.15, 0.2) is 0 Å². The molecule has 0 aromatic heterocycles. The average Bonchev–Trinajstić information content (AvgIpc) is 2.97. The van der Waals surface area contributed by atoms with Crippen LogP contribution in [0.5, 0.6) is 0 Å². The fourth-order valence-corrected chi connectivity index (χ4v) is 3.80. The van der Waals surface area contributed by atoms with E-state index in [1.165, 1.54) is 12.8 Å². The molecular formula is C13H19N3O. The molecule has 4 nitrogen and oxygen atoms in total. The number of piperidine rings is 1. The second kappa shape index (κ2) is 3.99. The van der Waals surface area contributed by atoms with Crippen LogP contribution in [0.3, 0.4) is 0 Å². The van der Waals surface area contributed by atoms with Crippen LogP contribution in [-0.2, 0) is 4.79 Å². The number of fused-ring (bicyclic) bond motifs is 1. The van der Waals surface area contributed by atoms with Gasteiger partial charge in [0.25, 0.3) is 0 Å². The van der Waals surface area contributed by atoms with E-state index in [0.717, 1.165) is 38.9 Å². The number of rotatable bonds is 1. The van der Waals surface area contributed by atoms with Gasteiger partial charge in [-0.25, -0.2) is 0 Å². The van der Waals surface area contributed by atoms with Crippen molar-refractivity contribution in [2.75, 3.05) is 19.6 Å². The van der Waals surface area contributed by atoms with Crippen molar-refractivity contribution in [3.63, 3.8) is 0 Å². The lowest BCUT2D eigenvalue weighted by Gasteiger charge is -2.41. The van der Waals surface area contributed by atoms with Crippen LogP contribution in [-0.4, -0.2) is 46.9 Å². The normalized spacial score (nSPS) is 38.2. The van der Waals surface area contributed by atoms with Gasteiger partial charge in [0.1, 0.15) is 5.54 Å². The molecule has 3 rings (SSSR count). The van der Waals surface area contributed by atoms with Crippen molar-refractivity contribution >= 4 is 5.91 Å². The molecule has 3 aliphatic heterocycles. The number of nitrogens with zero attached hydrogens (tertiary/aromatic N) is 3. The minimum atomic E-state index is -0.506. The van der Waals surface area contributed by atoms with Gasteiger partial charge in [-0.1, -0.05) is 0 Å². The molecule has 0 aromatic carbocycles. The molecule has 0 N–H and O–H groups in total. The van der Waals surface area contributed by atoms with E-state index in [9.17, 15) is 10.1 Å². The molecule has 0 aliphatic carbocycles. The van der Waals surface area contributed by atoms with Gasteiger partial charge in [-0.05, 0) is 45.2 Å². The van der Waals surface area contributed by atoms with E-state index in [1.54, 1.807) is 0 Å². The maximum absolute atomic E-state index is 12.1. The average molecular weight is 233 g/mol. The lowest BCUT2D eigenvalue weighted by Crippen LogP contribution is -2.56. The molecule has 4 heteroatoms. The zero-order chi connectivity index (χ0) is 11.9. The second-order valence-corrected chi connectivity index (χ2v) is 5.51. The summed E-state index contributed by atoms with van der Waals surface area (Å²) in [4.78, 5) is 16.3. The summed E-state index contributed by atoms with van der Waals surface area (Å²) in [7, 11) is 0. The third-order valence-electron chi connectivity index (χ3n) is 4.66. The van der Waals surface area contributed by atoms with Crippen molar-refractivity contribution in [2.45, 2.75) is 50.1 Å². The summed E-state index contributed by atoms with van der Waals surface area (Å²) < 4.78 is 0. The summed E-state index contributed by atoms with van der Waals surface area (Å²) in [6, 6.07) is 2.67. The number of hydrogen-bond acceptors (Lipinski definition) is 3. The zero-order valence-electron chi connectivity index (χ0n) is 10.2. The Morgan fingerprint density at radius 2 is 1.88 bits per heavy atom. The van der Waals surface area contributed by atoms with Crippen molar-refractivity contribution in [2.24, 2.45) is 0 Å². The molecule has 3 heterocycles. The Morgan fingerprint density at radius 1 is 1.18 bits per heavy atom. The number of carbonyl (C=O) groups excluding carboxylic acids is 1. The van der Waals surface area contributed by atoms with Crippen LogP contribution in [0.1, 0.15) is 38.5 Å². The van der Waals surface area contributed by atoms with Gasteiger partial charge in [-0.3, -0.25) is 9.69 Å². The number of nitriles is 1. The highest BCUT2D eigenvalue weighted by molar-refractivity contribution is 5.82. The Kier molecular flexibility index (Phi) is 2.59. The molecule has 3 aliphatic rings. The van der Waals surface area contributed by atoms with E-state index >= 15 is 0 Å². The predicted molar refractivity (Wildman–Crippen MR) is 63.1 cm³/mol. The largest absolute Gasteiger partial charge is 0.337 e. The first-order valence-corrected chi connectivity index (χ1v) is 6.74. The van der Waals surface area contributed by atoms with Crippen molar-refractivity contribution in [3.8, 4) is 6.07 Å². The third kappa shape index (κ3) is 1.49. The molecule has 2 unspecified atom stereocenters. The number of carbonyl (C=O) groups is 1. The van der Waals surface area contributed by atoms with Crippen molar-refractivity contribution < 1.29 is 4.79 Å². The van der Waals surface area contributed by atoms with Gasteiger partial charge in [0.05, 0.1) is 18.5 Å². The standard InChI is InChI=1S/C13H19N3O/c14-10-13(15-6-3-4-7-15)9-12(17)16-8-2-1-5-11(13)16/h11H,1-9H2. The highest BCUT2D eigenvalue weighted by atomic mass is 16.2. The summed E-state index contributed by atoms with van der Waals surface area (Å²) in [5.74, 6) is 0.197. The fraction of sp³-hybridized carbons (Fsp3) is 0.846. The van der Waals surface area contributed by atoms with Crippen LogP contribution in [0.4, 0.5) is 0 Å². The van der Waals surface area contributed by atoms with Crippen molar-refractivity contribution in [1.82, 2.24) is 9.80 Å². The van der Waals surface area contributed by atoms with Crippen LogP contribution >= 0.6 is 0 Å². The van der Waals surface area contributed by atoms with Crippen LogP contribution in [0.25, 0.3) is 0 Å². The van der Waals surface area contributed by atoms with Gasteiger partial charge >= 0.3 is 0 Å². The van der Waals surface area contributed by atoms with Gasteiger partial charge < -0.3 is 4.90 Å². The maximum Gasteiger partial charge on any atom is 0.225 e. The van der Waals surface area contributed by atoms with Crippen LogP contribution in [0.2, 0.25) is 0 Å². The Morgan fingerprint density at radius 3 is 2.59 bits per heavy atom. The summed E-state index contributed by atoms with van der Waals surface area (Å²) in [6.07, 6.45) is 6.04. The van der Waals surface area contributed by atoms with Gasteiger partial charge in [-0.15, -0.1) is 0 Å². The van der Waals surface area contributed by atoms with Gasteiger partial charge in [0, 0.05) is 6.54 Å². The zero-order valence-corrected chi connectivity index (χ0v) is 10.2. The van der Waals surface area contributed by atoms with E-state index in [1.807, 2.05) is 4.90 Å². The molecule has 0 spiro atoms. The van der Waals surface area contributed by atoms with E-state index in [0.29, 0.717) is 6.42 Å². The first-order chi connectivity index (χ1) is 8.28. The van der Waals surface area contributed by atoms with Crippen LogP contribution < -0.4 is 0 Å².